The molecule has 0 saturated carbocycles. The zero-order chi connectivity index (χ0) is 15.6. The average Bonchev–Trinajstić information content (AvgIpc) is 2.87. The first-order chi connectivity index (χ1) is 9.82. The molecule has 7 nitrogen and oxygen atoms in total. The number of benzene rings is 1. The van der Waals surface area contributed by atoms with Gasteiger partial charge < -0.3 is 9.84 Å². The van der Waals surface area contributed by atoms with Gasteiger partial charge in [-0.2, -0.15) is 0 Å². The summed E-state index contributed by atoms with van der Waals surface area (Å²) in [6.45, 7) is 0. The minimum absolute atomic E-state index is 0.00505. The second-order valence-electron chi connectivity index (χ2n) is 4.07. The molecule has 2 rings (SSSR count). The number of aromatic nitrogens is 1. The molecule has 0 atom stereocenters. The van der Waals surface area contributed by atoms with Gasteiger partial charge in [0.25, 0.3) is 5.91 Å². The van der Waals surface area contributed by atoms with Crippen LogP contribution in [0.3, 0.4) is 0 Å². The lowest BCUT2D eigenvalue weighted by Crippen LogP contribution is -2.12. The van der Waals surface area contributed by atoms with Crippen LogP contribution in [0.2, 0.25) is 0 Å². The predicted octanol–water partition coefficient (Wildman–Crippen LogP) is 1.51. The van der Waals surface area contributed by atoms with E-state index in [9.17, 15) is 18.3 Å². The first-order valence-electron chi connectivity index (χ1n) is 5.66. The van der Waals surface area contributed by atoms with E-state index in [-0.39, 0.29) is 27.2 Å². The van der Waals surface area contributed by atoms with Crippen molar-refractivity contribution in [2.45, 2.75) is 5.03 Å². The van der Waals surface area contributed by atoms with Gasteiger partial charge >= 0.3 is 0 Å². The summed E-state index contributed by atoms with van der Waals surface area (Å²) in [5.41, 5.74) is 0.00505. The Morgan fingerprint density at radius 3 is 2.71 bits per heavy atom. The number of ether oxygens (including phenoxy) is 1. The SMILES string of the molecule is COc1cccc(C(=O)Nc2nc(S(C)(=O)=O)cs2)c1O. The van der Waals surface area contributed by atoms with Crippen molar-refractivity contribution in [2.75, 3.05) is 18.7 Å². The molecule has 2 N–H and O–H groups in total. The summed E-state index contributed by atoms with van der Waals surface area (Å²) in [5.74, 6) is -0.739. The van der Waals surface area contributed by atoms with Crippen molar-refractivity contribution in [1.29, 1.82) is 0 Å². The monoisotopic (exact) mass is 328 g/mol. The van der Waals surface area contributed by atoms with E-state index in [1.165, 1.54) is 24.6 Å². The molecule has 0 unspecified atom stereocenters. The van der Waals surface area contributed by atoms with Gasteiger partial charge in [0.2, 0.25) is 0 Å². The summed E-state index contributed by atoms with van der Waals surface area (Å²) in [5, 5.41) is 13.6. The van der Waals surface area contributed by atoms with Crippen LogP contribution in [0, 0.1) is 0 Å². The summed E-state index contributed by atoms with van der Waals surface area (Å²) >= 11 is 0.980. The van der Waals surface area contributed by atoms with E-state index < -0.39 is 15.7 Å². The van der Waals surface area contributed by atoms with Crippen molar-refractivity contribution < 1.29 is 23.1 Å². The number of hydrogen-bond acceptors (Lipinski definition) is 7. The summed E-state index contributed by atoms with van der Waals surface area (Å²) in [7, 11) is -2.05. The zero-order valence-corrected chi connectivity index (χ0v) is 12.8. The van der Waals surface area contributed by atoms with Crippen LogP contribution in [0.5, 0.6) is 11.5 Å². The maximum atomic E-state index is 12.1. The Labute approximate surface area is 125 Å². The Morgan fingerprint density at radius 2 is 2.14 bits per heavy atom. The maximum Gasteiger partial charge on any atom is 0.261 e. The van der Waals surface area contributed by atoms with Gasteiger partial charge in [-0.15, -0.1) is 11.3 Å². The largest absolute Gasteiger partial charge is 0.504 e. The molecule has 0 aliphatic rings. The Balaban J connectivity index is 2.25. The topological polar surface area (TPSA) is 106 Å². The number of aromatic hydroxyl groups is 1. The van der Waals surface area contributed by atoms with E-state index >= 15 is 0 Å². The fourth-order valence-corrected chi connectivity index (χ4v) is 3.25. The third kappa shape index (κ3) is 3.31. The van der Waals surface area contributed by atoms with E-state index in [4.69, 9.17) is 4.74 Å². The van der Waals surface area contributed by atoms with Gasteiger partial charge in [0.1, 0.15) is 0 Å². The summed E-state index contributed by atoms with van der Waals surface area (Å²) in [6, 6.07) is 4.48. The van der Waals surface area contributed by atoms with Crippen molar-refractivity contribution in [3.63, 3.8) is 0 Å². The number of carbonyl (C=O) groups excluding carboxylic acids is 1. The number of nitrogens with one attached hydrogen (secondary N) is 1. The smallest absolute Gasteiger partial charge is 0.261 e. The van der Waals surface area contributed by atoms with Gasteiger partial charge in [-0.3, -0.25) is 10.1 Å². The van der Waals surface area contributed by atoms with Crippen molar-refractivity contribution in [2.24, 2.45) is 0 Å². The zero-order valence-electron chi connectivity index (χ0n) is 11.2. The van der Waals surface area contributed by atoms with Gasteiger partial charge in [-0.05, 0) is 12.1 Å². The third-order valence-corrected chi connectivity index (χ3v) is 4.42. The van der Waals surface area contributed by atoms with Crippen LogP contribution >= 0.6 is 11.3 Å². The standard InChI is InChI=1S/C12H12N2O5S2/c1-19-8-5-3-4-7(10(8)15)11(16)14-12-13-9(6-20-12)21(2,17)18/h3-6,15H,1-2H3,(H,13,14,16). The maximum absolute atomic E-state index is 12.1. The molecule has 0 bridgehead atoms. The molecule has 0 radical (unpaired) electrons. The van der Waals surface area contributed by atoms with E-state index in [1.54, 1.807) is 6.07 Å². The minimum Gasteiger partial charge on any atom is -0.504 e. The number of para-hydroxylation sites is 1. The summed E-state index contributed by atoms with van der Waals surface area (Å²) < 4.78 is 27.5. The van der Waals surface area contributed by atoms with Crippen LogP contribution in [-0.4, -0.2) is 37.8 Å². The van der Waals surface area contributed by atoms with Gasteiger partial charge in [-0.25, -0.2) is 13.4 Å². The van der Waals surface area contributed by atoms with Crippen LogP contribution in [-0.2, 0) is 9.84 Å². The molecule has 0 aliphatic carbocycles. The quantitative estimate of drug-likeness (QED) is 0.881. The number of anilines is 1. The Hall–Kier alpha value is -2.13. The predicted molar refractivity (Wildman–Crippen MR) is 77.8 cm³/mol. The number of sulfone groups is 1. The molecular formula is C12H12N2O5S2. The van der Waals surface area contributed by atoms with Gasteiger partial charge in [0.05, 0.1) is 12.7 Å². The van der Waals surface area contributed by atoms with Gasteiger partial charge in [0.15, 0.2) is 31.5 Å². The number of nitrogens with zero attached hydrogens (tertiary/aromatic N) is 1. The summed E-state index contributed by atoms with van der Waals surface area (Å²) in [4.78, 5) is 15.9. The molecule has 0 aliphatic heterocycles. The van der Waals surface area contributed by atoms with E-state index in [2.05, 4.69) is 10.3 Å². The summed E-state index contributed by atoms with van der Waals surface area (Å²) in [6.07, 6.45) is 1.03. The lowest BCUT2D eigenvalue weighted by molar-refractivity contribution is 0.102. The van der Waals surface area contributed by atoms with Crippen molar-refractivity contribution in [3.8, 4) is 11.5 Å². The highest BCUT2D eigenvalue weighted by Gasteiger charge is 2.18. The molecule has 9 heteroatoms. The minimum atomic E-state index is -3.42. The highest BCUT2D eigenvalue weighted by atomic mass is 32.2. The van der Waals surface area contributed by atoms with E-state index in [1.807, 2.05) is 0 Å². The lowest BCUT2D eigenvalue weighted by Gasteiger charge is -2.07. The first kappa shape index (κ1) is 15.3. The molecule has 0 fully saturated rings. The van der Waals surface area contributed by atoms with Crippen LogP contribution in [0.25, 0.3) is 0 Å². The highest BCUT2D eigenvalue weighted by molar-refractivity contribution is 7.90. The normalized spacial score (nSPS) is 11.1. The fraction of sp³-hybridized carbons (Fsp3) is 0.167. The molecule has 1 aromatic carbocycles. The Kier molecular flexibility index (Phi) is 4.14. The second-order valence-corrected chi connectivity index (χ2v) is 6.89. The fourth-order valence-electron chi connectivity index (χ4n) is 1.52. The molecular weight excluding hydrogens is 316 g/mol. The second kappa shape index (κ2) is 5.70. The number of phenols is 1. The molecule has 2 aromatic rings. The van der Waals surface area contributed by atoms with Crippen LogP contribution in [0.15, 0.2) is 28.6 Å². The number of thiazole rings is 1. The number of amides is 1. The number of hydrogen-bond donors (Lipinski definition) is 2. The van der Waals surface area contributed by atoms with Crippen molar-refractivity contribution in [1.82, 2.24) is 4.98 Å². The molecule has 1 heterocycles. The molecule has 21 heavy (non-hydrogen) atoms. The molecule has 1 amide bonds. The number of phenolic OH excluding ortho intramolecular Hbond substituents is 1. The Bertz CT molecular complexity index is 783. The van der Waals surface area contributed by atoms with Crippen LogP contribution in [0.1, 0.15) is 10.4 Å². The van der Waals surface area contributed by atoms with Crippen LogP contribution < -0.4 is 10.1 Å². The molecule has 112 valence electrons. The van der Waals surface area contributed by atoms with E-state index in [0.717, 1.165) is 17.6 Å². The third-order valence-electron chi connectivity index (χ3n) is 2.55. The van der Waals surface area contributed by atoms with Crippen molar-refractivity contribution >= 4 is 32.2 Å². The number of methoxy groups -OCH3 is 1. The van der Waals surface area contributed by atoms with Gasteiger partial charge in [-0.1, -0.05) is 6.07 Å². The van der Waals surface area contributed by atoms with E-state index in [0.29, 0.717) is 0 Å². The van der Waals surface area contributed by atoms with Crippen molar-refractivity contribution in [3.05, 3.63) is 29.1 Å². The number of carbonyl (C=O) groups is 1. The highest BCUT2D eigenvalue weighted by Crippen LogP contribution is 2.30. The first-order valence-corrected chi connectivity index (χ1v) is 8.43. The molecule has 0 saturated heterocycles. The molecule has 0 spiro atoms. The van der Waals surface area contributed by atoms with Crippen LogP contribution in [0.4, 0.5) is 5.13 Å². The molecule has 1 aromatic heterocycles. The average molecular weight is 328 g/mol. The number of rotatable bonds is 4. The van der Waals surface area contributed by atoms with Gasteiger partial charge in [0, 0.05) is 11.6 Å². The Morgan fingerprint density at radius 1 is 1.43 bits per heavy atom. The lowest BCUT2D eigenvalue weighted by atomic mass is 10.2.